The van der Waals surface area contributed by atoms with Crippen LogP contribution >= 0.6 is 0 Å². The van der Waals surface area contributed by atoms with Crippen molar-refractivity contribution >= 4 is 5.97 Å². The van der Waals surface area contributed by atoms with Crippen molar-refractivity contribution in [1.82, 2.24) is 14.8 Å². The Kier molecular flexibility index (Phi) is 3.49. The van der Waals surface area contributed by atoms with Crippen LogP contribution in [-0.4, -0.2) is 27.8 Å². The number of hydrogen-bond donors (Lipinski definition) is 0. The summed E-state index contributed by atoms with van der Waals surface area (Å²) in [5, 5.41) is 5.01. The second-order valence-electron chi connectivity index (χ2n) is 8.34. The number of esters is 1. The minimum Gasteiger partial charge on any atom is -0.469 e. The van der Waals surface area contributed by atoms with E-state index in [0.29, 0.717) is 5.92 Å². The average Bonchev–Trinajstić information content (AvgIpc) is 3.33. The number of rotatable bonds is 4. The van der Waals surface area contributed by atoms with Gasteiger partial charge in [-0.1, -0.05) is 12.5 Å². The number of aromatic nitrogens is 3. The molecule has 0 aliphatic heterocycles. The summed E-state index contributed by atoms with van der Waals surface area (Å²) in [6.07, 6.45) is 9.14. The van der Waals surface area contributed by atoms with Crippen molar-refractivity contribution in [1.29, 1.82) is 0 Å². The van der Waals surface area contributed by atoms with E-state index in [1.807, 2.05) is 13.0 Å². The maximum Gasteiger partial charge on any atom is 0.310 e. The van der Waals surface area contributed by atoms with E-state index in [2.05, 4.69) is 23.0 Å². The molecule has 0 aromatic carbocycles. The lowest BCUT2D eigenvalue weighted by molar-refractivity contribution is -0.170. The van der Waals surface area contributed by atoms with E-state index in [4.69, 9.17) is 14.8 Å². The van der Waals surface area contributed by atoms with Crippen LogP contribution in [0.15, 0.2) is 24.4 Å². The van der Waals surface area contributed by atoms with Crippen LogP contribution in [0.4, 0.5) is 0 Å². The molecule has 26 heavy (non-hydrogen) atoms. The van der Waals surface area contributed by atoms with Gasteiger partial charge in [-0.3, -0.25) is 14.5 Å². The Hall–Kier alpha value is -2.17. The van der Waals surface area contributed by atoms with Crippen molar-refractivity contribution in [3.8, 4) is 11.3 Å². The van der Waals surface area contributed by atoms with E-state index in [9.17, 15) is 4.79 Å². The summed E-state index contributed by atoms with van der Waals surface area (Å²) in [5.41, 5.74) is 4.57. The average molecular weight is 351 g/mol. The standard InChI is InChI=1S/C21H25N3O2/c1-13-5-3-6-17(22-13)16-12-24(23-18(16)14-7-8-14)19-15(20(25)26-2)11-21(19)9-4-10-21/h3,5-6,12,14-15,19H,4,7-11H2,1-2H3. The molecule has 2 heterocycles. The first kappa shape index (κ1) is 16.0. The van der Waals surface area contributed by atoms with Gasteiger partial charge in [0.25, 0.3) is 0 Å². The van der Waals surface area contributed by atoms with Crippen LogP contribution in [0.3, 0.4) is 0 Å². The van der Waals surface area contributed by atoms with E-state index in [-0.39, 0.29) is 23.3 Å². The molecule has 0 bridgehead atoms. The molecule has 5 heteroatoms. The molecule has 5 nitrogen and oxygen atoms in total. The molecule has 136 valence electrons. The van der Waals surface area contributed by atoms with Gasteiger partial charge in [-0.25, -0.2) is 0 Å². The summed E-state index contributed by atoms with van der Waals surface area (Å²) in [6, 6.07) is 6.28. The zero-order valence-corrected chi connectivity index (χ0v) is 15.4. The molecule has 2 aromatic heterocycles. The van der Waals surface area contributed by atoms with Gasteiger partial charge in [0, 0.05) is 23.4 Å². The van der Waals surface area contributed by atoms with Gasteiger partial charge in [-0.15, -0.1) is 0 Å². The molecule has 0 saturated heterocycles. The number of aryl methyl sites for hydroxylation is 1. The van der Waals surface area contributed by atoms with Crippen LogP contribution in [0.25, 0.3) is 11.3 Å². The van der Waals surface area contributed by atoms with Crippen molar-refractivity contribution < 1.29 is 9.53 Å². The zero-order chi connectivity index (χ0) is 17.9. The second kappa shape index (κ2) is 5.66. The molecule has 3 aliphatic rings. The minimum absolute atomic E-state index is 0.0643. The van der Waals surface area contributed by atoms with Crippen LogP contribution in [0.5, 0.6) is 0 Å². The van der Waals surface area contributed by atoms with Gasteiger partial charge in [0.15, 0.2) is 0 Å². The third-order valence-corrected chi connectivity index (χ3v) is 6.66. The fourth-order valence-electron chi connectivity index (χ4n) is 4.99. The first-order valence-electron chi connectivity index (χ1n) is 9.72. The quantitative estimate of drug-likeness (QED) is 0.780. The molecule has 2 aromatic rings. The van der Waals surface area contributed by atoms with Gasteiger partial charge in [-0.2, -0.15) is 5.10 Å². The predicted molar refractivity (Wildman–Crippen MR) is 97.6 cm³/mol. The minimum atomic E-state index is -0.0915. The molecule has 3 aliphatic carbocycles. The molecule has 2 unspecified atom stereocenters. The van der Waals surface area contributed by atoms with Gasteiger partial charge in [-0.05, 0) is 56.6 Å². The summed E-state index contributed by atoms with van der Waals surface area (Å²) in [7, 11) is 1.49. The number of carbonyl (C=O) groups is 1. The maximum absolute atomic E-state index is 12.3. The Bertz CT molecular complexity index is 864. The highest BCUT2D eigenvalue weighted by Gasteiger charge is 2.61. The lowest BCUT2D eigenvalue weighted by atomic mass is 9.48. The van der Waals surface area contributed by atoms with Crippen molar-refractivity contribution in [2.75, 3.05) is 7.11 Å². The Morgan fingerprint density at radius 3 is 2.73 bits per heavy atom. The molecule has 0 N–H and O–H groups in total. The second-order valence-corrected chi connectivity index (χ2v) is 8.34. The van der Waals surface area contributed by atoms with E-state index in [0.717, 1.165) is 29.1 Å². The molecular weight excluding hydrogens is 326 g/mol. The lowest BCUT2D eigenvalue weighted by Gasteiger charge is -2.59. The number of hydrogen-bond acceptors (Lipinski definition) is 4. The SMILES string of the molecule is COC(=O)C1CC2(CCC2)C1n1cc(-c2cccc(C)n2)c(C2CC2)n1. The van der Waals surface area contributed by atoms with Crippen LogP contribution in [0, 0.1) is 18.3 Å². The Labute approximate surface area is 153 Å². The first-order chi connectivity index (χ1) is 12.6. The number of nitrogens with zero attached hydrogens (tertiary/aromatic N) is 3. The summed E-state index contributed by atoms with van der Waals surface area (Å²) in [4.78, 5) is 17.0. The summed E-state index contributed by atoms with van der Waals surface area (Å²) >= 11 is 0. The molecule has 3 saturated carbocycles. The maximum atomic E-state index is 12.3. The van der Waals surface area contributed by atoms with E-state index in [1.54, 1.807) is 0 Å². The van der Waals surface area contributed by atoms with Gasteiger partial charge >= 0.3 is 5.97 Å². The summed E-state index contributed by atoms with van der Waals surface area (Å²) in [6.45, 7) is 2.02. The number of pyridine rings is 1. The third-order valence-electron chi connectivity index (χ3n) is 6.66. The van der Waals surface area contributed by atoms with Gasteiger partial charge in [0.2, 0.25) is 0 Å². The van der Waals surface area contributed by atoms with E-state index >= 15 is 0 Å². The van der Waals surface area contributed by atoms with E-state index < -0.39 is 0 Å². The molecule has 2 atom stereocenters. The Balaban J connectivity index is 1.56. The lowest BCUT2D eigenvalue weighted by Crippen LogP contribution is -2.56. The third kappa shape index (κ3) is 2.32. The highest BCUT2D eigenvalue weighted by Crippen LogP contribution is 2.65. The topological polar surface area (TPSA) is 57.0 Å². The largest absolute Gasteiger partial charge is 0.469 e. The molecule has 0 amide bonds. The molecular formula is C21H25N3O2. The smallest absolute Gasteiger partial charge is 0.310 e. The summed E-state index contributed by atoms with van der Waals surface area (Å²) in [5.74, 6) is 0.388. The summed E-state index contributed by atoms with van der Waals surface area (Å²) < 4.78 is 7.17. The highest BCUT2D eigenvalue weighted by molar-refractivity contribution is 5.75. The first-order valence-corrected chi connectivity index (χ1v) is 9.72. The highest BCUT2D eigenvalue weighted by atomic mass is 16.5. The fourth-order valence-corrected chi connectivity index (χ4v) is 4.99. The molecule has 1 spiro atoms. The predicted octanol–water partition coefficient (Wildman–Crippen LogP) is 4.04. The number of methoxy groups -OCH3 is 1. The van der Waals surface area contributed by atoms with Crippen LogP contribution in [0.2, 0.25) is 0 Å². The van der Waals surface area contributed by atoms with E-state index in [1.165, 1.54) is 39.2 Å². The molecule has 5 rings (SSSR count). The van der Waals surface area contributed by atoms with Gasteiger partial charge < -0.3 is 4.74 Å². The van der Waals surface area contributed by atoms with Crippen molar-refractivity contribution in [2.24, 2.45) is 11.3 Å². The van der Waals surface area contributed by atoms with Crippen molar-refractivity contribution in [3.05, 3.63) is 35.8 Å². The van der Waals surface area contributed by atoms with Crippen LogP contribution in [0.1, 0.15) is 61.9 Å². The fraction of sp³-hybridized carbons (Fsp3) is 0.571. The molecule has 3 fully saturated rings. The normalized spacial score (nSPS) is 26.2. The van der Waals surface area contributed by atoms with Gasteiger partial charge in [0.05, 0.1) is 30.5 Å². The number of carbonyl (C=O) groups excluding carboxylic acids is 1. The number of ether oxygens (including phenoxy) is 1. The Morgan fingerprint density at radius 1 is 1.31 bits per heavy atom. The van der Waals surface area contributed by atoms with Crippen LogP contribution < -0.4 is 0 Å². The van der Waals surface area contributed by atoms with Gasteiger partial charge in [0.1, 0.15) is 0 Å². The van der Waals surface area contributed by atoms with Crippen LogP contribution in [-0.2, 0) is 9.53 Å². The van der Waals surface area contributed by atoms with Crippen molar-refractivity contribution in [2.45, 2.75) is 57.4 Å². The monoisotopic (exact) mass is 351 g/mol. The zero-order valence-electron chi connectivity index (χ0n) is 15.4. The molecule has 0 radical (unpaired) electrons. The Morgan fingerprint density at radius 2 is 2.12 bits per heavy atom. The van der Waals surface area contributed by atoms with Crippen molar-refractivity contribution in [3.63, 3.8) is 0 Å².